The lowest BCUT2D eigenvalue weighted by atomic mass is 10.0. The van der Waals surface area contributed by atoms with E-state index >= 15 is 0 Å². The number of hydrogen-bond acceptors (Lipinski definition) is 4. The zero-order valence-corrected chi connectivity index (χ0v) is 15.7. The molecule has 2 aromatic heterocycles. The van der Waals surface area contributed by atoms with Crippen molar-refractivity contribution in [3.05, 3.63) is 79.2 Å². The van der Waals surface area contributed by atoms with Crippen LogP contribution in [-0.2, 0) is 5.41 Å². The van der Waals surface area contributed by atoms with Crippen LogP contribution in [0.15, 0.2) is 46.1 Å². The molecule has 2 fully saturated rings. The van der Waals surface area contributed by atoms with Crippen molar-refractivity contribution in [3.8, 4) is 23.1 Å². The fourth-order valence-electron chi connectivity index (χ4n) is 3.96. The number of rotatable bonds is 2. The summed E-state index contributed by atoms with van der Waals surface area (Å²) in [5.41, 5.74) is 2.36. The van der Waals surface area contributed by atoms with E-state index in [4.69, 9.17) is 11.6 Å². The zero-order valence-electron chi connectivity index (χ0n) is 15.0. The Kier molecular flexibility index (Phi) is 3.43. The minimum atomic E-state index is -0.550. The summed E-state index contributed by atoms with van der Waals surface area (Å²) in [6.45, 7) is 1.92. The van der Waals surface area contributed by atoms with Crippen molar-refractivity contribution in [2.24, 2.45) is 5.41 Å². The minimum Gasteiger partial charge on any atom is -0.313 e. The van der Waals surface area contributed by atoms with E-state index in [9.17, 15) is 9.59 Å². The minimum absolute atomic E-state index is 0.0228. The molecule has 0 radical (unpaired) electrons. The molecule has 7 heteroatoms. The van der Waals surface area contributed by atoms with Crippen LogP contribution in [0.25, 0.3) is 11.3 Å². The average molecular weight is 391 g/mol. The van der Waals surface area contributed by atoms with Gasteiger partial charge in [-0.3, -0.25) is 9.78 Å². The second-order valence-corrected chi connectivity index (χ2v) is 7.87. The highest BCUT2D eigenvalue weighted by Gasteiger charge is 2.83. The number of aryl methyl sites for hydroxylation is 1. The molecule has 0 unspecified atom stereocenters. The number of benzene rings is 1. The van der Waals surface area contributed by atoms with Gasteiger partial charge in [-0.25, -0.2) is 4.79 Å². The number of H-pyrrole nitrogens is 2. The number of halogens is 1. The molecule has 0 atom stereocenters. The second kappa shape index (κ2) is 5.66. The molecular formula is C21H15ClN4O2. The number of aromatic amines is 2. The van der Waals surface area contributed by atoms with Crippen LogP contribution >= 0.6 is 11.6 Å². The van der Waals surface area contributed by atoms with Gasteiger partial charge >= 0.3 is 5.69 Å². The summed E-state index contributed by atoms with van der Waals surface area (Å²) in [7, 11) is 0. The predicted molar refractivity (Wildman–Crippen MR) is 105 cm³/mol. The van der Waals surface area contributed by atoms with E-state index in [1.807, 2.05) is 37.3 Å². The molecule has 3 aromatic rings. The number of nitrogens with one attached hydrogen (secondary N) is 2. The molecule has 6 nitrogen and oxygen atoms in total. The summed E-state index contributed by atoms with van der Waals surface area (Å²) in [6.07, 6.45) is 3.29. The van der Waals surface area contributed by atoms with Crippen LogP contribution in [0.5, 0.6) is 0 Å². The van der Waals surface area contributed by atoms with Crippen LogP contribution in [0.1, 0.15) is 29.7 Å². The van der Waals surface area contributed by atoms with Gasteiger partial charge < -0.3 is 4.98 Å². The summed E-state index contributed by atoms with van der Waals surface area (Å²) in [4.78, 5) is 28.0. The van der Waals surface area contributed by atoms with Gasteiger partial charge in [0.2, 0.25) is 0 Å². The number of aromatic nitrogens is 4. The van der Waals surface area contributed by atoms with Gasteiger partial charge in [-0.1, -0.05) is 35.6 Å². The normalized spacial score (nSPS) is 24.1. The Morgan fingerprint density at radius 1 is 1.18 bits per heavy atom. The Morgan fingerprint density at radius 2 is 1.96 bits per heavy atom. The zero-order chi connectivity index (χ0) is 19.5. The largest absolute Gasteiger partial charge is 0.325 e. The lowest BCUT2D eigenvalue weighted by Crippen LogP contribution is -2.23. The highest BCUT2D eigenvalue weighted by Crippen LogP contribution is 2.85. The Hall–Kier alpha value is -3.17. The Labute approximate surface area is 165 Å². The van der Waals surface area contributed by atoms with E-state index < -0.39 is 11.2 Å². The van der Waals surface area contributed by atoms with Crippen molar-refractivity contribution in [3.63, 3.8) is 0 Å². The number of fused-ring (bicyclic) bond motifs is 1. The third kappa shape index (κ3) is 2.44. The SMILES string of the molecule is Cc1nnc(-c2c[nH]c(=O)[nH]c2=O)cc1[C@]12C[C@]1(C#Cc1ccccc1Cl)C2. The lowest BCUT2D eigenvalue weighted by molar-refractivity contribution is 0.768. The molecule has 2 N–H and O–H groups in total. The fraction of sp³-hybridized carbons (Fsp3) is 0.238. The quantitative estimate of drug-likeness (QED) is 0.658. The van der Waals surface area contributed by atoms with Crippen LogP contribution in [-0.4, -0.2) is 20.2 Å². The van der Waals surface area contributed by atoms with Crippen molar-refractivity contribution in [1.29, 1.82) is 0 Å². The molecule has 0 bridgehead atoms. The number of nitrogens with zero attached hydrogens (tertiary/aromatic N) is 2. The molecule has 138 valence electrons. The van der Waals surface area contributed by atoms with Gasteiger partial charge in [-0.2, -0.15) is 5.10 Å². The average Bonchev–Trinajstić information content (AvgIpc) is 3.49. The van der Waals surface area contributed by atoms with Crippen molar-refractivity contribution in [1.82, 2.24) is 20.2 Å². The summed E-state index contributed by atoms with van der Waals surface area (Å²) in [6, 6.07) is 9.46. The van der Waals surface area contributed by atoms with E-state index in [0.29, 0.717) is 16.3 Å². The van der Waals surface area contributed by atoms with Crippen LogP contribution in [0.3, 0.4) is 0 Å². The lowest BCUT2D eigenvalue weighted by Gasteiger charge is -2.08. The first-order valence-electron chi connectivity index (χ1n) is 8.89. The van der Waals surface area contributed by atoms with E-state index in [-0.39, 0.29) is 10.8 Å². The third-order valence-electron chi connectivity index (χ3n) is 5.77. The molecule has 0 saturated heterocycles. The van der Waals surface area contributed by atoms with Crippen LogP contribution in [0.2, 0.25) is 5.02 Å². The van der Waals surface area contributed by atoms with Crippen molar-refractivity contribution < 1.29 is 0 Å². The second-order valence-electron chi connectivity index (χ2n) is 7.46. The summed E-state index contributed by atoms with van der Waals surface area (Å²) >= 11 is 6.20. The highest BCUT2D eigenvalue weighted by atomic mass is 35.5. The van der Waals surface area contributed by atoms with Gasteiger partial charge in [0.1, 0.15) is 5.69 Å². The molecule has 2 aliphatic carbocycles. The number of hydrogen-bond donors (Lipinski definition) is 2. The summed E-state index contributed by atoms with van der Waals surface area (Å²) in [5.74, 6) is 6.63. The van der Waals surface area contributed by atoms with Crippen molar-refractivity contribution in [2.45, 2.75) is 25.2 Å². The van der Waals surface area contributed by atoms with Gasteiger partial charge in [0, 0.05) is 22.6 Å². The maximum absolute atomic E-state index is 12.1. The maximum atomic E-state index is 12.1. The van der Waals surface area contributed by atoms with E-state index in [0.717, 1.165) is 29.7 Å². The van der Waals surface area contributed by atoms with Gasteiger partial charge in [-0.05, 0) is 43.5 Å². The van der Waals surface area contributed by atoms with Gasteiger partial charge in [0.05, 0.1) is 16.3 Å². The molecule has 1 aromatic carbocycles. The van der Waals surface area contributed by atoms with Gasteiger partial charge in [-0.15, -0.1) is 5.10 Å². The van der Waals surface area contributed by atoms with Crippen LogP contribution in [0.4, 0.5) is 0 Å². The van der Waals surface area contributed by atoms with E-state index in [1.54, 1.807) is 0 Å². The summed E-state index contributed by atoms with van der Waals surface area (Å²) < 4.78 is 0. The molecule has 0 amide bonds. The molecule has 2 heterocycles. The molecule has 2 saturated carbocycles. The van der Waals surface area contributed by atoms with E-state index in [1.165, 1.54) is 6.20 Å². The first-order valence-corrected chi connectivity index (χ1v) is 9.27. The van der Waals surface area contributed by atoms with Crippen LogP contribution in [0, 0.1) is 24.2 Å². The van der Waals surface area contributed by atoms with Crippen molar-refractivity contribution >= 4 is 11.6 Å². The van der Waals surface area contributed by atoms with E-state index in [2.05, 4.69) is 32.0 Å². The Balaban J connectivity index is 1.50. The maximum Gasteiger partial charge on any atom is 0.325 e. The molecular weight excluding hydrogens is 376 g/mol. The molecule has 5 rings (SSSR count). The first-order chi connectivity index (χ1) is 13.4. The fourth-order valence-corrected chi connectivity index (χ4v) is 4.15. The molecule has 0 aliphatic heterocycles. The first kappa shape index (κ1) is 17.0. The molecule has 0 spiro atoms. The highest BCUT2D eigenvalue weighted by molar-refractivity contribution is 6.31. The van der Waals surface area contributed by atoms with Crippen molar-refractivity contribution in [2.75, 3.05) is 0 Å². The summed E-state index contributed by atoms with van der Waals surface area (Å²) in [5, 5.41) is 9.05. The van der Waals surface area contributed by atoms with Gasteiger partial charge in [0.15, 0.2) is 0 Å². The molecule has 28 heavy (non-hydrogen) atoms. The van der Waals surface area contributed by atoms with Gasteiger partial charge in [0.25, 0.3) is 5.56 Å². The smallest absolute Gasteiger partial charge is 0.313 e. The monoisotopic (exact) mass is 390 g/mol. The molecule has 2 aliphatic rings. The Bertz CT molecular complexity index is 1310. The standard InChI is InChI=1S/C21H15ClN4O2/c1-12-15(8-17(26-25-12)14-9-23-19(28)24-18(14)27)21-10-20(21,11-21)7-6-13-4-2-3-5-16(13)22/h2-5,8-9H,10-11H2,1H3,(H2,23,24,27,28)/t20-,21-. The topological polar surface area (TPSA) is 91.5 Å². The third-order valence-corrected chi connectivity index (χ3v) is 6.10. The predicted octanol–water partition coefficient (Wildman–Crippen LogP) is 2.57. The Morgan fingerprint density at radius 3 is 2.71 bits per heavy atom. The van der Waals surface area contributed by atoms with Crippen LogP contribution < -0.4 is 11.2 Å².